The van der Waals surface area contributed by atoms with Crippen molar-refractivity contribution in [3.63, 3.8) is 0 Å². The molecule has 0 fully saturated rings. The average Bonchev–Trinajstić information content (AvgIpc) is 2.69. The van der Waals surface area contributed by atoms with Gasteiger partial charge in [-0.25, -0.2) is 18.2 Å². The Bertz CT molecular complexity index is 1290. The molecule has 0 atom stereocenters. The van der Waals surface area contributed by atoms with E-state index < -0.39 is 15.6 Å². The van der Waals surface area contributed by atoms with Crippen molar-refractivity contribution < 1.29 is 12.8 Å². The van der Waals surface area contributed by atoms with Gasteiger partial charge in [0.05, 0.1) is 22.2 Å². The summed E-state index contributed by atoms with van der Waals surface area (Å²) in [7, 11) is -3.86. The standard InChI is InChI=1S/C19H13N3O4S/c23-19-15-8-2-3-9-16(15)21-18(26-19)14-7-1-4-10-17(14)22-27(24,25)13-6-5-11-20-12-13/h1-12,22H. The molecule has 4 aromatic rings. The summed E-state index contributed by atoms with van der Waals surface area (Å²) < 4.78 is 33.0. The SMILES string of the molecule is O=c1oc(-c2ccccc2NS(=O)(=O)c2cccnc2)nc2ccccc12. The first-order chi connectivity index (χ1) is 13.0. The van der Waals surface area contributed by atoms with Crippen LogP contribution in [0.2, 0.25) is 0 Å². The first kappa shape index (κ1) is 16.9. The second-order valence-electron chi connectivity index (χ2n) is 5.66. The van der Waals surface area contributed by atoms with Crippen molar-refractivity contribution in [3.8, 4) is 11.5 Å². The zero-order valence-corrected chi connectivity index (χ0v) is 14.7. The van der Waals surface area contributed by atoms with E-state index in [1.807, 2.05) is 0 Å². The zero-order valence-electron chi connectivity index (χ0n) is 13.9. The number of anilines is 1. The first-order valence-corrected chi connectivity index (χ1v) is 9.45. The molecule has 0 unspecified atom stereocenters. The molecule has 0 saturated heterocycles. The molecule has 2 aromatic heterocycles. The summed E-state index contributed by atoms with van der Waals surface area (Å²) >= 11 is 0. The number of para-hydroxylation sites is 2. The van der Waals surface area contributed by atoms with E-state index in [4.69, 9.17) is 4.42 Å². The van der Waals surface area contributed by atoms with Crippen molar-refractivity contribution in [2.45, 2.75) is 4.90 Å². The Balaban J connectivity index is 1.82. The van der Waals surface area contributed by atoms with E-state index in [-0.39, 0.29) is 16.5 Å². The van der Waals surface area contributed by atoms with Crippen molar-refractivity contribution in [1.82, 2.24) is 9.97 Å². The van der Waals surface area contributed by atoms with Crippen LogP contribution in [0.3, 0.4) is 0 Å². The second kappa shape index (κ2) is 6.65. The number of sulfonamides is 1. The maximum atomic E-state index is 12.6. The molecule has 8 heteroatoms. The van der Waals surface area contributed by atoms with Crippen molar-refractivity contribution >= 4 is 26.6 Å². The predicted octanol–water partition coefficient (Wildman–Crippen LogP) is 3.05. The van der Waals surface area contributed by atoms with Gasteiger partial charge >= 0.3 is 5.63 Å². The van der Waals surface area contributed by atoms with Crippen LogP contribution in [-0.2, 0) is 10.0 Å². The molecule has 0 aliphatic rings. The van der Waals surface area contributed by atoms with Gasteiger partial charge in [-0.15, -0.1) is 0 Å². The molecule has 4 rings (SSSR count). The second-order valence-corrected chi connectivity index (χ2v) is 7.35. The zero-order chi connectivity index (χ0) is 18.9. The largest absolute Gasteiger partial charge is 0.403 e. The van der Waals surface area contributed by atoms with Gasteiger partial charge in [0.25, 0.3) is 10.0 Å². The summed E-state index contributed by atoms with van der Waals surface area (Å²) in [5.41, 5.74) is 0.522. The van der Waals surface area contributed by atoms with E-state index in [2.05, 4.69) is 14.7 Å². The minimum Gasteiger partial charge on any atom is -0.403 e. The first-order valence-electron chi connectivity index (χ1n) is 7.97. The lowest BCUT2D eigenvalue weighted by atomic mass is 10.1. The Kier molecular flexibility index (Phi) is 4.17. The molecule has 1 N–H and O–H groups in total. The van der Waals surface area contributed by atoms with Gasteiger partial charge < -0.3 is 4.42 Å². The molecule has 0 aliphatic carbocycles. The molecule has 0 saturated carbocycles. The maximum absolute atomic E-state index is 12.6. The van der Waals surface area contributed by atoms with Crippen LogP contribution in [0.4, 0.5) is 5.69 Å². The van der Waals surface area contributed by atoms with E-state index in [1.165, 1.54) is 24.5 Å². The van der Waals surface area contributed by atoms with Gasteiger partial charge in [0.2, 0.25) is 5.89 Å². The van der Waals surface area contributed by atoms with Crippen molar-refractivity contribution in [3.05, 3.63) is 83.5 Å². The van der Waals surface area contributed by atoms with Crippen LogP contribution in [0, 0.1) is 0 Å². The molecule has 0 aliphatic heterocycles. The van der Waals surface area contributed by atoms with Crippen molar-refractivity contribution in [1.29, 1.82) is 0 Å². The molecular formula is C19H13N3O4S. The Morgan fingerprint density at radius 1 is 0.926 bits per heavy atom. The molecule has 0 bridgehead atoms. The minimum atomic E-state index is -3.86. The van der Waals surface area contributed by atoms with E-state index in [0.717, 1.165) is 0 Å². The number of benzene rings is 2. The lowest BCUT2D eigenvalue weighted by Crippen LogP contribution is -2.14. The van der Waals surface area contributed by atoms with Gasteiger partial charge in [0.1, 0.15) is 4.90 Å². The third kappa shape index (κ3) is 3.30. The highest BCUT2D eigenvalue weighted by molar-refractivity contribution is 7.92. The molecule has 134 valence electrons. The molecular weight excluding hydrogens is 366 g/mol. The summed E-state index contributed by atoms with van der Waals surface area (Å²) in [4.78, 5) is 20.4. The Morgan fingerprint density at radius 2 is 1.70 bits per heavy atom. The van der Waals surface area contributed by atoms with Crippen molar-refractivity contribution in [2.75, 3.05) is 4.72 Å². The van der Waals surface area contributed by atoms with Crippen LogP contribution in [0.15, 0.2) is 87.2 Å². The number of hydrogen-bond acceptors (Lipinski definition) is 6. The van der Waals surface area contributed by atoms with Gasteiger partial charge in [-0.05, 0) is 36.4 Å². The van der Waals surface area contributed by atoms with E-state index in [0.29, 0.717) is 16.5 Å². The highest BCUT2D eigenvalue weighted by Crippen LogP contribution is 2.28. The summed E-state index contributed by atoms with van der Waals surface area (Å²) in [6.45, 7) is 0. The number of nitrogens with one attached hydrogen (secondary N) is 1. The summed E-state index contributed by atoms with van der Waals surface area (Å²) in [6.07, 6.45) is 2.74. The molecule has 27 heavy (non-hydrogen) atoms. The minimum absolute atomic E-state index is 0.0210. The number of rotatable bonds is 4. The van der Waals surface area contributed by atoms with Crippen LogP contribution in [0.1, 0.15) is 0 Å². The molecule has 0 amide bonds. The van der Waals surface area contributed by atoms with Gasteiger partial charge in [0, 0.05) is 12.4 Å². The van der Waals surface area contributed by atoms with E-state index in [9.17, 15) is 13.2 Å². The van der Waals surface area contributed by atoms with Gasteiger partial charge in [0.15, 0.2) is 0 Å². The molecule has 2 heterocycles. The van der Waals surface area contributed by atoms with Gasteiger partial charge in [-0.1, -0.05) is 24.3 Å². The third-order valence-corrected chi connectivity index (χ3v) is 5.23. The Labute approximate surface area is 154 Å². The predicted molar refractivity (Wildman–Crippen MR) is 101 cm³/mol. The van der Waals surface area contributed by atoms with Crippen LogP contribution < -0.4 is 10.3 Å². The molecule has 2 aromatic carbocycles. The Hall–Kier alpha value is -3.52. The lowest BCUT2D eigenvalue weighted by Gasteiger charge is -2.11. The normalized spacial score (nSPS) is 11.4. The lowest BCUT2D eigenvalue weighted by molar-refractivity contribution is 0.518. The van der Waals surface area contributed by atoms with Gasteiger partial charge in [-0.2, -0.15) is 0 Å². The third-order valence-electron chi connectivity index (χ3n) is 3.88. The summed E-state index contributed by atoms with van der Waals surface area (Å²) in [5.74, 6) is 0.0307. The number of aromatic nitrogens is 2. The number of hydrogen-bond donors (Lipinski definition) is 1. The average molecular weight is 379 g/mol. The topological polar surface area (TPSA) is 102 Å². The van der Waals surface area contributed by atoms with Gasteiger partial charge in [-0.3, -0.25) is 9.71 Å². The maximum Gasteiger partial charge on any atom is 0.347 e. The summed E-state index contributed by atoms with van der Waals surface area (Å²) in [5, 5.41) is 0.356. The summed E-state index contributed by atoms with van der Waals surface area (Å²) in [6, 6.07) is 16.3. The quantitative estimate of drug-likeness (QED) is 0.585. The van der Waals surface area contributed by atoms with Crippen LogP contribution in [0.5, 0.6) is 0 Å². The smallest absolute Gasteiger partial charge is 0.347 e. The molecule has 7 nitrogen and oxygen atoms in total. The van der Waals surface area contributed by atoms with Crippen LogP contribution >= 0.6 is 0 Å². The fourth-order valence-corrected chi connectivity index (χ4v) is 3.65. The highest BCUT2D eigenvalue weighted by Gasteiger charge is 2.18. The van der Waals surface area contributed by atoms with E-state index >= 15 is 0 Å². The fraction of sp³-hybridized carbons (Fsp3) is 0. The van der Waals surface area contributed by atoms with Crippen LogP contribution in [-0.4, -0.2) is 18.4 Å². The van der Waals surface area contributed by atoms with Crippen LogP contribution in [0.25, 0.3) is 22.4 Å². The van der Waals surface area contributed by atoms with E-state index in [1.54, 1.807) is 48.5 Å². The Morgan fingerprint density at radius 3 is 2.52 bits per heavy atom. The number of pyridine rings is 1. The molecule has 0 spiro atoms. The number of fused-ring (bicyclic) bond motifs is 1. The molecule has 0 radical (unpaired) electrons. The fourth-order valence-electron chi connectivity index (χ4n) is 2.60. The monoisotopic (exact) mass is 379 g/mol. The number of nitrogens with zero attached hydrogens (tertiary/aromatic N) is 2. The van der Waals surface area contributed by atoms with Crippen molar-refractivity contribution in [2.24, 2.45) is 0 Å². The highest BCUT2D eigenvalue weighted by atomic mass is 32.2.